The number of carbonyl (C=O) groups is 3. The van der Waals surface area contributed by atoms with E-state index in [0.717, 1.165) is 19.3 Å². The van der Waals surface area contributed by atoms with Gasteiger partial charge in [0.1, 0.15) is 18.1 Å². The molecule has 2 N–H and O–H groups in total. The maximum atomic E-state index is 13.7. The fourth-order valence-corrected chi connectivity index (χ4v) is 5.61. The smallest absolute Gasteiger partial charge is 0.336 e. The molecule has 8 nitrogen and oxygen atoms in total. The summed E-state index contributed by atoms with van der Waals surface area (Å²) in [4.78, 5) is 44.7. The van der Waals surface area contributed by atoms with Crippen molar-refractivity contribution < 1.29 is 27.6 Å². The molecule has 2 aliphatic rings. The number of fused-ring (bicyclic) bond motifs is 1. The predicted octanol–water partition coefficient (Wildman–Crippen LogP) is 3.76. The standard InChI is InChI=1S/C29H30F3N5O3/c1-5-17-8-6-9-18-14-34-15-19(22(17)18)20(13-33)35-24(38)21-12-28(10-7-11-28)16-37(21)25(39)23(27(2,3)4)36-26(40)29(30,31)32/h1,6,8-9,14-15,20-21,23H,7,10-12,16H2,2-4H3,(H,35,38)(H,36,40)/t20?,21?,23-/m1/s1. The van der Waals surface area contributed by atoms with Crippen LogP contribution in [0.1, 0.15) is 63.6 Å². The molecule has 1 saturated carbocycles. The number of hydrogen-bond acceptors (Lipinski definition) is 5. The van der Waals surface area contributed by atoms with Gasteiger partial charge in [0.15, 0.2) is 0 Å². The second-order valence-electron chi connectivity index (χ2n) is 11.7. The van der Waals surface area contributed by atoms with Crippen LogP contribution in [0.4, 0.5) is 13.2 Å². The second kappa shape index (κ2) is 10.5. The number of nitrogens with one attached hydrogen (secondary N) is 2. The first-order valence-electron chi connectivity index (χ1n) is 12.9. The van der Waals surface area contributed by atoms with Gasteiger partial charge in [-0.2, -0.15) is 18.4 Å². The molecule has 1 aliphatic heterocycles. The number of pyridine rings is 1. The third-order valence-corrected chi connectivity index (χ3v) is 7.85. The molecule has 2 aromatic rings. The minimum absolute atomic E-state index is 0.173. The Morgan fingerprint density at radius 1 is 1.18 bits per heavy atom. The quantitative estimate of drug-likeness (QED) is 0.548. The number of nitriles is 1. The van der Waals surface area contributed by atoms with E-state index < -0.39 is 47.4 Å². The minimum Gasteiger partial charge on any atom is -0.336 e. The first-order chi connectivity index (χ1) is 18.7. The van der Waals surface area contributed by atoms with Crippen LogP contribution in [0.15, 0.2) is 30.6 Å². The van der Waals surface area contributed by atoms with E-state index in [9.17, 15) is 32.8 Å². The zero-order valence-electron chi connectivity index (χ0n) is 22.4. The van der Waals surface area contributed by atoms with E-state index in [2.05, 4.69) is 22.3 Å². The summed E-state index contributed by atoms with van der Waals surface area (Å²) in [7, 11) is 0. The van der Waals surface area contributed by atoms with E-state index in [4.69, 9.17) is 6.42 Å². The third kappa shape index (κ3) is 5.46. The highest BCUT2D eigenvalue weighted by Gasteiger charge is 2.54. The Balaban J connectivity index is 1.65. The maximum Gasteiger partial charge on any atom is 0.471 e. The molecule has 1 aliphatic carbocycles. The van der Waals surface area contributed by atoms with E-state index in [1.807, 2.05) is 5.32 Å². The summed E-state index contributed by atoms with van der Waals surface area (Å²) in [6, 6.07) is 3.60. The predicted molar refractivity (Wildman–Crippen MR) is 140 cm³/mol. The zero-order valence-corrected chi connectivity index (χ0v) is 22.4. The fourth-order valence-electron chi connectivity index (χ4n) is 5.61. The van der Waals surface area contributed by atoms with Gasteiger partial charge in [0.25, 0.3) is 0 Å². The Bertz CT molecular complexity index is 1420. The maximum absolute atomic E-state index is 13.7. The number of aromatic nitrogens is 1. The molecule has 0 bridgehead atoms. The van der Waals surface area contributed by atoms with Gasteiger partial charge in [-0.1, -0.05) is 45.2 Å². The Labute approximate surface area is 230 Å². The molecule has 1 saturated heterocycles. The van der Waals surface area contributed by atoms with Crippen molar-refractivity contribution in [3.63, 3.8) is 0 Å². The Hall–Kier alpha value is -4.12. The van der Waals surface area contributed by atoms with Gasteiger partial charge in [0.05, 0.1) is 6.07 Å². The van der Waals surface area contributed by atoms with Gasteiger partial charge < -0.3 is 15.5 Å². The third-order valence-electron chi connectivity index (χ3n) is 7.85. The van der Waals surface area contributed by atoms with Gasteiger partial charge in [0, 0.05) is 40.8 Å². The largest absolute Gasteiger partial charge is 0.471 e. The number of hydrogen-bond donors (Lipinski definition) is 2. The first kappa shape index (κ1) is 28.9. The Kier molecular flexibility index (Phi) is 7.55. The summed E-state index contributed by atoms with van der Waals surface area (Å²) < 4.78 is 39.3. The number of likely N-dealkylation sites (tertiary alicyclic amines) is 1. The number of halogens is 3. The second-order valence-corrected chi connectivity index (χ2v) is 11.7. The van der Waals surface area contributed by atoms with Gasteiger partial charge in [-0.3, -0.25) is 19.4 Å². The summed E-state index contributed by atoms with van der Waals surface area (Å²) >= 11 is 0. The highest BCUT2D eigenvalue weighted by molar-refractivity contribution is 5.95. The number of carbonyl (C=O) groups excluding carboxylic acids is 3. The van der Waals surface area contributed by atoms with Crippen molar-refractivity contribution in [1.29, 1.82) is 5.26 Å². The van der Waals surface area contributed by atoms with Crippen molar-refractivity contribution in [1.82, 2.24) is 20.5 Å². The summed E-state index contributed by atoms with van der Waals surface area (Å²) in [5, 5.41) is 15.8. The SMILES string of the molecule is C#Cc1cccc2cncc(C(C#N)NC(=O)C3CC4(CCC4)CN3C(=O)[C@@H](NC(=O)C(F)(F)F)C(C)(C)C)c12. The Morgan fingerprint density at radius 2 is 1.88 bits per heavy atom. The van der Waals surface area contributed by atoms with Crippen molar-refractivity contribution in [2.24, 2.45) is 10.8 Å². The van der Waals surface area contributed by atoms with E-state index in [-0.39, 0.29) is 12.0 Å². The van der Waals surface area contributed by atoms with Gasteiger partial charge >= 0.3 is 12.1 Å². The monoisotopic (exact) mass is 553 g/mol. The minimum atomic E-state index is -5.18. The van der Waals surface area contributed by atoms with Crippen LogP contribution in [-0.4, -0.2) is 52.4 Å². The Morgan fingerprint density at radius 3 is 2.42 bits per heavy atom. The van der Waals surface area contributed by atoms with Gasteiger partial charge in [-0.15, -0.1) is 6.42 Å². The van der Waals surface area contributed by atoms with Crippen LogP contribution >= 0.6 is 0 Å². The molecule has 11 heteroatoms. The number of amides is 3. The molecular weight excluding hydrogens is 523 g/mol. The molecule has 1 spiro atoms. The van der Waals surface area contributed by atoms with Crippen LogP contribution in [-0.2, 0) is 14.4 Å². The molecule has 2 unspecified atom stereocenters. The van der Waals surface area contributed by atoms with Crippen molar-refractivity contribution in [2.45, 2.75) is 70.8 Å². The molecule has 3 amide bonds. The number of nitrogens with zero attached hydrogens (tertiary/aromatic N) is 3. The lowest BCUT2D eigenvalue weighted by Crippen LogP contribution is -2.59. The number of terminal acetylenes is 1. The van der Waals surface area contributed by atoms with E-state index >= 15 is 0 Å². The molecule has 4 rings (SSSR count). The average molecular weight is 554 g/mol. The topological polar surface area (TPSA) is 115 Å². The highest BCUT2D eigenvalue weighted by Crippen LogP contribution is 2.50. The molecule has 210 valence electrons. The van der Waals surface area contributed by atoms with Gasteiger partial charge in [-0.25, -0.2) is 0 Å². The number of alkyl halides is 3. The van der Waals surface area contributed by atoms with Crippen LogP contribution < -0.4 is 10.6 Å². The van der Waals surface area contributed by atoms with Gasteiger partial charge in [0.2, 0.25) is 11.8 Å². The van der Waals surface area contributed by atoms with Crippen LogP contribution in [0, 0.1) is 34.5 Å². The molecule has 3 atom stereocenters. The molecule has 1 aromatic carbocycles. The normalized spacial score (nSPS) is 19.7. The fraction of sp³-hybridized carbons (Fsp3) is 0.483. The number of benzene rings is 1. The molecule has 2 heterocycles. The summed E-state index contributed by atoms with van der Waals surface area (Å²) in [6.07, 6.45) is 6.26. The molecular formula is C29H30F3N5O3. The van der Waals surface area contributed by atoms with Crippen molar-refractivity contribution in [3.8, 4) is 18.4 Å². The van der Waals surface area contributed by atoms with Crippen LogP contribution in [0.25, 0.3) is 10.8 Å². The molecule has 2 fully saturated rings. The lowest BCUT2D eigenvalue weighted by molar-refractivity contribution is -0.176. The molecule has 0 radical (unpaired) electrons. The molecule has 1 aromatic heterocycles. The van der Waals surface area contributed by atoms with Crippen LogP contribution in [0.3, 0.4) is 0 Å². The van der Waals surface area contributed by atoms with E-state index in [1.165, 1.54) is 11.1 Å². The summed E-state index contributed by atoms with van der Waals surface area (Å²) in [5.41, 5.74) is -0.511. The van der Waals surface area contributed by atoms with E-state index in [0.29, 0.717) is 28.3 Å². The van der Waals surface area contributed by atoms with Crippen molar-refractivity contribution >= 4 is 28.5 Å². The van der Waals surface area contributed by atoms with Crippen LogP contribution in [0.5, 0.6) is 0 Å². The van der Waals surface area contributed by atoms with Crippen molar-refractivity contribution in [2.75, 3.05) is 6.54 Å². The number of rotatable bonds is 5. The van der Waals surface area contributed by atoms with Crippen LogP contribution in [0.2, 0.25) is 0 Å². The summed E-state index contributed by atoms with van der Waals surface area (Å²) in [6.45, 7) is 4.79. The van der Waals surface area contributed by atoms with Gasteiger partial charge in [-0.05, 0) is 36.2 Å². The van der Waals surface area contributed by atoms with Crippen molar-refractivity contribution in [3.05, 3.63) is 41.7 Å². The summed E-state index contributed by atoms with van der Waals surface area (Å²) in [5.74, 6) is -1.04. The lowest BCUT2D eigenvalue weighted by atomic mass is 9.67. The van der Waals surface area contributed by atoms with E-state index in [1.54, 1.807) is 45.2 Å². The lowest BCUT2D eigenvalue weighted by Gasteiger charge is -2.39. The highest BCUT2D eigenvalue weighted by atomic mass is 19.4. The molecule has 40 heavy (non-hydrogen) atoms. The zero-order chi connectivity index (χ0) is 29.5. The first-order valence-corrected chi connectivity index (χ1v) is 12.9. The average Bonchev–Trinajstić information content (AvgIpc) is 3.30.